The summed E-state index contributed by atoms with van der Waals surface area (Å²) in [5, 5.41) is 7.56. The summed E-state index contributed by atoms with van der Waals surface area (Å²) in [7, 11) is 2.03. The van der Waals surface area contributed by atoms with E-state index in [-0.39, 0.29) is 23.9 Å². The molecular formula is C29H34FN7O3. The van der Waals surface area contributed by atoms with Crippen LogP contribution in [0, 0.1) is 11.8 Å². The molecule has 0 aromatic carbocycles. The molecule has 0 spiro atoms. The van der Waals surface area contributed by atoms with E-state index in [0.29, 0.717) is 62.9 Å². The second kappa shape index (κ2) is 9.94. The molecule has 0 radical (unpaired) electrons. The van der Waals surface area contributed by atoms with Gasteiger partial charge in [-0.2, -0.15) is 0 Å². The first-order valence-electron chi connectivity index (χ1n) is 14.3. The maximum Gasteiger partial charge on any atom is 0.255 e. The van der Waals surface area contributed by atoms with Crippen molar-refractivity contribution in [2.45, 2.75) is 44.8 Å². The van der Waals surface area contributed by atoms with Crippen LogP contribution in [0.25, 0.3) is 10.9 Å². The third-order valence-electron chi connectivity index (χ3n) is 8.54. The Morgan fingerprint density at radius 1 is 1.20 bits per heavy atom. The van der Waals surface area contributed by atoms with Gasteiger partial charge in [0, 0.05) is 63.6 Å². The quantitative estimate of drug-likeness (QED) is 0.424. The number of amides is 2. The highest BCUT2D eigenvalue weighted by Gasteiger charge is 2.36. The van der Waals surface area contributed by atoms with E-state index < -0.39 is 6.67 Å². The summed E-state index contributed by atoms with van der Waals surface area (Å²) in [6.07, 6.45) is 5.49. The number of alkyl halides is 1. The fourth-order valence-corrected chi connectivity index (χ4v) is 6.18. The summed E-state index contributed by atoms with van der Waals surface area (Å²) < 4.78 is 21.3. The first-order valence-corrected chi connectivity index (χ1v) is 14.3. The minimum Gasteiger partial charge on any atom is -0.476 e. The maximum atomic E-state index is 13.1. The zero-order valence-electron chi connectivity index (χ0n) is 22.7. The molecule has 3 aromatic heterocycles. The molecule has 7 rings (SSSR count). The Morgan fingerprint density at radius 3 is 2.85 bits per heavy atom. The third kappa shape index (κ3) is 4.41. The first-order chi connectivity index (χ1) is 19.5. The fourth-order valence-electron chi connectivity index (χ4n) is 6.18. The smallest absolute Gasteiger partial charge is 0.255 e. The number of nitrogens with zero attached hydrogens (tertiary/aromatic N) is 5. The van der Waals surface area contributed by atoms with E-state index >= 15 is 0 Å². The van der Waals surface area contributed by atoms with Crippen molar-refractivity contribution in [2.75, 3.05) is 50.2 Å². The molecule has 4 aliphatic rings. The fraction of sp³-hybridized carbons (Fsp3) is 0.517. The maximum absolute atomic E-state index is 13.1. The summed E-state index contributed by atoms with van der Waals surface area (Å²) in [5.41, 5.74) is 4.28. The SMILES string of the molecule is CN1c2nc3c(cc2NC1c1cc2ccnc(OCC4CNC(=O)C4)c2n1CC1CC1)C(=O)N(CCCF)CC3. The predicted octanol–water partition coefficient (Wildman–Crippen LogP) is 3.27. The van der Waals surface area contributed by atoms with Crippen molar-refractivity contribution in [3.05, 3.63) is 41.3 Å². The molecule has 2 amide bonds. The van der Waals surface area contributed by atoms with Crippen molar-refractivity contribution < 1.29 is 18.7 Å². The molecule has 2 unspecified atom stereocenters. The molecule has 1 saturated carbocycles. The lowest BCUT2D eigenvalue weighted by Gasteiger charge is -2.28. The van der Waals surface area contributed by atoms with E-state index in [9.17, 15) is 14.0 Å². The Hall–Kier alpha value is -3.89. The topological polar surface area (TPSA) is 105 Å². The monoisotopic (exact) mass is 547 g/mol. The van der Waals surface area contributed by atoms with Crippen LogP contribution in [-0.4, -0.2) is 71.2 Å². The summed E-state index contributed by atoms with van der Waals surface area (Å²) in [6, 6.07) is 6.12. The molecule has 2 atom stereocenters. The lowest BCUT2D eigenvalue weighted by Crippen LogP contribution is -2.38. The average molecular weight is 548 g/mol. The van der Waals surface area contributed by atoms with E-state index in [0.717, 1.165) is 40.3 Å². The van der Waals surface area contributed by atoms with E-state index in [1.165, 1.54) is 12.8 Å². The number of rotatable bonds is 9. The largest absolute Gasteiger partial charge is 0.476 e. The van der Waals surface area contributed by atoms with Gasteiger partial charge in [0.05, 0.1) is 35.9 Å². The van der Waals surface area contributed by atoms with Crippen LogP contribution in [0.2, 0.25) is 0 Å². The molecule has 2 fully saturated rings. The van der Waals surface area contributed by atoms with Gasteiger partial charge in [-0.3, -0.25) is 14.0 Å². The molecular weight excluding hydrogens is 513 g/mol. The van der Waals surface area contributed by atoms with Crippen LogP contribution in [0.4, 0.5) is 15.9 Å². The molecule has 0 bridgehead atoms. The van der Waals surface area contributed by atoms with Crippen molar-refractivity contribution >= 4 is 34.2 Å². The molecule has 210 valence electrons. The Bertz CT molecular complexity index is 1490. The zero-order valence-corrected chi connectivity index (χ0v) is 22.7. The minimum atomic E-state index is -0.429. The van der Waals surface area contributed by atoms with Gasteiger partial charge in [0.15, 0.2) is 5.82 Å². The van der Waals surface area contributed by atoms with Gasteiger partial charge >= 0.3 is 0 Å². The third-order valence-corrected chi connectivity index (χ3v) is 8.54. The van der Waals surface area contributed by atoms with Gasteiger partial charge < -0.3 is 29.7 Å². The van der Waals surface area contributed by atoms with Gasteiger partial charge in [-0.1, -0.05) is 0 Å². The number of halogens is 1. The van der Waals surface area contributed by atoms with Crippen molar-refractivity contribution in [3.8, 4) is 5.88 Å². The highest BCUT2D eigenvalue weighted by molar-refractivity contribution is 5.98. The highest BCUT2D eigenvalue weighted by Crippen LogP contribution is 2.44. The van der Waals surface area contributed by atoms with Crippen LogP contribution in [0.15, 0.2) is 24.4 Å². The number of aromatic nitrogens is 3. The summed E-state index contributed by atoms with van der Waals surface area (Å²) in [5.74, 6) is 2.16. The molecule has 10 nitrogen and oxygen atoms in total. The predicted molar refractivity (Wildman–Crippen MR) is 148 cm³/mol. The second-order valence-corrected chi connectivity index (χ2v) is 11.5. The van der Waals surface area contributed by atoms with E-state index in [4.69, 9.17) is 9.72 Å². The van der Waals surface area contributed by atoms with Crippen LogP contribution >= 0.6 is 0 Å². The van der Waals surface area contributed by atoms with Crippen LogP contribution in [-0.2, 0) is 17.8 Å². The molecule has 1 saturated heterocycles. The number of pyridine rings is 2. The molecule has 40 heavy (non-hydrogen) atoms. The minimum absolute atomic E-state index is 0.0681. The van der Waals surface area contributed by atoms with Crippen LogP contribution < -0.4 is 20.3 Å². The lowest BCUT2D eigenvalue weighted by atomic mass is 10.0. The Morgan fingerprint density at radius 2 is 2.08 bits per heavy atom. The molecule has 3 aromatic rings. The summed E-state index contributed by atoms with van der Waals surface area (Å²) in [4.78, 5) is 38.2. The number of hydrogen-bond acceptors (Lipinski definition) is 7. The van der Waals surface area contributed by atoms with E-state index in [1.54, 1.807) is 11.1 Å². The molecule has 1 aliphatic carbocycles. The van der Waals surface area contributed by atoms with Crippen LogP contribution in [0.1, 0.15) is 53.6 Å². The zero-order chi connectivity index (χ0) is 27.4. The van der Waals surface area contributed by atoms with E-state index in [2.05, 4.69) is 31.2 Å². The number of anilines is 2. The Kier molecular flexibility index (Phi) is 6.24. The average Bonchev–Trinajstić information content (AvgIpc) is 3.43. The summed E-state index contributed by atoms with van der Waals surface area (Å²) in [6.45, 7) is 2.50. The van der Waals surface area contributed by atoms with Crippen molar-refractivity contribution in [2.24, 2.45) is 11.8 Å². The molecule has 6 heterocycles. The number of carbonyl (C=O) groups excluding carboxylic acids is 2. The summed E-state index contributed by atoms with van der Waals surface area (Å²) >= 11 is 0. The molecule has 11 heteroatoms. The first kappa shape index (κ1) is 25.1. The van der Waals surface area contributed by atoms with Crippen molar-refractivity contribution in [1.82, 2.24) is 24.8 Å². The number of carbonyl (C=O) groups is 2. The Labute approximate surface area is 231 Å². The van der Waals surface area contributed by atoms with Crippen LogP contribution in [0.3, 0.4) is 0 Å². The van der Waals surface area contributed by atoms with Crippen molar-refractivity contribution in [1.29, 1.82) is 0 Å². The lowest BCUT2D eigenvalue weighted by molar-refractivity contribution is -0.119. The molecule has 2 N–H and O–H groups in total. The van der Waals surface area contributed by atoms with Gasteiger partial charge in [0.2, 0.25) is 11.8 Å². The van der Waals surface area contributed by atoms with Crippen molar-refractivity contribution in [3.63, 3.8) is 0 Å². The van der Waals surface area contributed by atoms with Gasteiger partial charge in [-0.25, -0.2) is 9.97 Å². The van der Waals surface area contributed by atoms with Gasteiger partial charge in [0.1, 0.15) is 11.7 Å². The van der Waals surface area contributed by atoms with Gasteiger partial charge in [0.25, 0.3) is 5.91 Å². The number of ether oxygens (including phenoxy) is 1. The Balaban J connectivity index is 1.21. The number of hydrogen-bond donors (Lipinski definition) is 2. The highest BCUT2D eigenvalue weighted by atomic mass is 19.1. The van der Waals surface area contributed by atoms with Gasteiger partial charge in [-0.15, -0.1) is 0 Å². The normalized spacial score (nSPS) is 21.9. The van der Waals surface area contributed by atoms with Gasteiger partial charge in [-0.05, 0) is 43.4 Å². The second-order valence-electron chi connectivity index (χ2n) is 11.5. The number of fused-ring (bicyclic) bond motifs is 3. The van der Waals surface area contributed by atoms with E-state index in [1.807, 2.05) is 19.2 Å². The standard InChI is InChI=1S/C29H34FN7O3/c1-35-26-22(13-20-21(33-26)6-10-36(29(20)39)9-2-7-30)34-27(35)23-12-19-5-8-31-28(25(19)37(23)15-17-3-4-17)40-16-18-11-24(38)32-14-18/h5,8,12-13,17-18,27,34H,2-4,6-7,9-11,14-16H2,1H3,(H,32,38). The number of nitrogens with one attached hydrogen (secondary N) is 2. The van der Waals surface area contributed by atoms with Crippen LogP contribution in [0.5, 0.6) is 5.88 Å². The molecule has 3 aliphatic heterocycles.